The Balaban J connectivity index is 1.80. The number of allylic oxidation sites excluding steroid dienone is 4. The third-order valence-electron chi connectivity index (χ3n) is 6.53. The van der Waals surface area contributed by atoms with E-state index in [1.165, 1.54) is 38.4 Å². The van der Waals surface area contributed by atoms with Crippen LogP contribution in [0.3, 0.4) is 0 Å². The van der Waals surface area contributed by atoms with Gasteiger partial charge in [0.2, 0.25) is 0 Å². The van der Waals surface area contributed by atoms with Crippen molar-refractivity contribution in [3.63, 3.8) is 0 Å². The highest BCUT2D eigenvalue weighted by Crippen LogP contribution is 2.42. The number of nitrogens with one attached hydrogen (secondary N) is 1. The molecule has 0 saturated heterocycles. The number of amides is 1. The number of methoxy groups -OCH3 is 1. The molecule has 1 amide bonds. The first-order valence-electron chi connectivity index (χ1n) is 11.1. The van der Waals surface area contributed by atoms with Crippen molar-refractivity contribution in [2.24, 2.45) is 11.8 Å². The van der Waals surface area contributed by atoms with Crippen molar-refractivity contribution < 1.29 is 19.1 Å². The summed E-state index contributed by atoms with van der Waals surface area (Å²) >= 11 is 0. The van der Waals surface area contributed by atoms with E-state index < -0.39 is 11.5 Å². The molecule has 160 valence electrons. The van der Waals surface area contributed by atoms with Crippen LogP contribution in [0.2, 0.25) is 0 Å². The smallest absolute Gasteiger partial charge is 0.331 e. The van der Waals surface area contributed by atoms with Crippen LogP contribution in [0.15, 0.2) is 34.6 Å². The van der Waals surface area contributed by atoms with Gasteiger partial charge in [-0.25, -0.2) is 4.79 Å². The molecule has 0 bridgehead atoms. The maximum atomic E-state index is 13.1. The Morgan fingerprint density at radius 2 is 1.79 bits per heavy atom. The quantitative estimate of drug-likeness (QED) is 0.574. The second-order valence-electron chi connectivity index (χ2n) is 8.67. The molecule has 29 heavy (non-hydrogen) atoms. The second kappa shape index (κ2) is 9.19. The van der Waals surface area contributed by atoms with Crippen LogP contribution in [0.25, 0.3) is 0 Å². The first-order valence-corrected chi connectivity index (χ1v) is 11.1. The minimum atomic E-state index is -0.983. The third-order valence-corrected chi connectivity index (χ3v) is 6.53. The molecule has 2 fully saturated rings. The van der Waals surface area contributed by atoms with E-state index in [-0.39, 0.29) is 5.91 Å². The molecular weight excluding hydrogens is 366 g/mol. The van der Waals surface area contributed by atoms with Gasteiger partial charge in [0.25, 0.3) is 5.91 Å². The number of esters is 1. The van der Waals surface area contributed by atoms with Gasteiger partial charge in [0.1, 0.15) is 5.54 Å². The molecule has 0 radical (unpaired) electrons. The van der Waals surface area contributed by atoms with Crippen LogP contribution in [-0.2, 0) is 19.1 Å². The SMILES string of the molecule is CCC(CC)(NC(=O)C1=C(C)CCC(OCC2CC2)=C(C2CC2)C=C1)C(=O)OC. The maximum absolute atomic E-state index is 13.1. The maximum Gasteiger partial charge on any atom is 0.331 e. The number of carbonyl (C=O) groups is 2. The summed E-state index contributed by atoms with van der Waals surface area (Å²) in [6, 6.07) is 0. The van der Waals surface area contributed by atoms with Gasteiger partial charge < -0.3 is 14.8 Å². The summed E-state index contributed by atoms with van der Waals surface area (Å²) in [7, 11) is 1.37. The fourth-order valence-electron chi connectivity index (χ4n) is 3.92. The van der Waals surface area contributed by atoms with E-state index in [1.807, 2.05) is 26.8 Å². The summed E-state index contributed by atoms with van der Waals surface area (Å²) in [6.07, 6.45) is 11.5. The van der Waals surface area contributed by atoms with E-state index in [2.05, 4.69) is 11.4 Å². The standard InChI is InChI=1S/C24H35NO4/c1-5-24(6-2,23(27)28-4)25-22(26)19-12-13-20(18-10-11-18)21(14-7-16(19)3)29-15-17-8-9-17/h12-13,17-18H,5-11,14-15H2,1-4H3,(H,25,26). The minimum absolute atomic E-state index is 0.203. The van der Waals surface area contributed by atoms with Gasteiger partial charge in [-0.3, -0.25) is 4.79 Å². The van der Waals surface area contributed by atoms with Gasteiger partial charge in [-0.15, -0.1) is 0 Å². The van der Waals surface area contributed by atoms with Crippen LogP contribution in [0.5, 0.6) is 0 Å². The van der Waals surface area contributed by atoms with Crippen molar-refractivity contribution in [3.05, 3.63) is 34.6 Å². The summed E-state index contributed by atoms with van der Waals surface area (Å²) < 4.78 is 11.2. The van der Waals surface area contributed by atoms with Crippen molar-refractivity contribution in [2.75, 3.05) is 13.7 Å². The predicted octanol–water partition coefficient (Wildman–Crippen LogP) is 4.59. The van der Waals surface area contributed by atoms with Gasteiger partial charge in [0, 0.05) is 12.0 Å². The van der Waals surface area contributed by atoms with Crippen molar-refractivity contribution in [1.29, 1.82) is 0 Å². The highest BCUT2D eigenvalue weighted by atomic mass is 16.5. The summed E-state index contributed by atoms with van der Waals surface area (Å²) in [6.45, 7) is 6.61. The fourth-order valence-corrected chi connectivity index (χ4v) is 3.92. The monoisotopic (exact) mass is 401 g/mol. The molecule has 0 heterocycles. The number of hydrogen-bond acceptors (Lipinski definition) is 4. The lowest BCUT2D eigenvalue weighted by molar-refractivity contribution is -0.151. The Morgan fingerprint density at radius 3 is 2.34 bits per heavy atom. The van der Waals surface area contributed by atoms with Crippen molar-refractivity contribution in [3.8, 4) is 0 Å². The molecule has 3 aliphatic carbocycles. The Hall–Kier alpha value is -2.04. The average molecular weight is 402 g/mol. The average Bonchev–Trinajstić information content (AvgIpc) is 3.62. The Labute approximate surface area is 174 Å². The molecule has 0 spiro atoms. The summed E-state index contributed by atoms with van der Waals surface area (Å²) in [5.74, 6) is 1.80. The topological polar surface area (TPSA) is 64.6 Å². The first-order chi connectivity index (χ1) is 13.9. The molecule has 5 nitrogen and oxygen atoms in total. The lowest BCUT2D eigenvalue weighted by Gasteiger charge is -2.30. The van der Waals surface area contributed by atoms with E-state index in [0.29, 0.717) is 24.3 Å². The summed E-state index contributed by atoms with van der Waals surface area (Å²) in [5, 5.41) is 2.98. The second-order valence-corrected chi connectivity index (χ2v) is 8.67. The van der Waals surface area contributed by atoms with Gasteiger partial charge in [-0.1, -0.05) is 25.5 Å². The molecule has 5 heteroatoms. The zero-order valence-electron chi connectivity index (χ0n) is 18.3. The van der Waals surface area contributed by atoms with E-state index >= 15 is 0 Å². The van der Waals surface area contributed by atoms with Crippen LogP contribution in [-0.4, -0.2) is 31.1 Å². The van der Waals surface area contributed by atoms with Gasteiger partial charge >= 0.3 is 5.97 Å². The van der Waals surface area contributed by atoms with Crippen LogP contribution in [0, 0.1) is 11.8 Å². The Bertz CT molecular complexity index is 734. The number of hydrogen-bond donors (Lipinski definition) is 1. The van der Waals surface area contributed by atoms with E-state index in [0.717, 1.165) is 36.7 Å². The number of rotatable bonds is 9. The minimum Gasteiger partial charge on any atom is -0.497 e. The summed E-state index contributed by atoms with van der Waals surface area (Å²) in [5.41, 5.74) is 1.95. The van der Waals surface area contributed by atoms with Crippen molar-refractivity contribution in [1.82, 2.24) is 5.32 Å². The van der Waals surface area contributed by atoms with Gasteiger partial charge in [0.05, 0.1) is 19.5 Å². The lowest BCUT2D eigenvalue weighted by Crippen LogP contribution is -2.54. The van der Waals surface area contributed by atoms with Crippen molar-refractivity contribution in [2.45, 2.75) is 77.7 Å². The van der Waals surface area contributed by atoms with Gasteiger partial charge in [-0.05, 0) is 75.4 Å². The van der Waals surface area contributed by atoms with Gasteiger partial charge in [-0.2, -0.15) is 0 Å². The molecule has 0 aromatic carbocycles. The molecule has 0 unspecified atom stereocenters. The van der Waals surface area contributed by atoms with Crippen LogP contribution >= 0.6 is 0 Å². The largest absolute Gasteiger partial charge is 0.497 e. The molecule has 0 aliphatic heterocycles. The lowest BCUT2D eigenvalue weighted by atomic mass is 9.91. The zero-order chi connectivity index (χ0) is 21.0. The molecular formula is C24H35NO4. The Kier molecular flexibility index (Phi) is 6.86. The normalized spacial score (nSPS) is 20.3. The van der Waals surface area contributed by atoms with Crippen LogP contribution in [0.1, 0.15) is 72.1 Å². The van der Waals surface area contributed by atoms with E-state index in [9.17, 15) is 9.59 Å². The molecule has 3 aliphatic rings. The zero-order valence-corrected chi connectivity index (χ0v) is 18.3. The van der Waals surface area contributed by atoms with E-state index in [4.69, 9.17) is 9.47 Å². The molecule has 0 atom stereocenters. The highest BCUT2D eigenvalue weighted by molar-refractivity contribution is 6.00. The van der Waals surface area contributed by atoms with Crippen molar-refractivity contribution >= 4 is 11.9 Å². The molecule has 0 aromatic heterocycles. The van der Waals surface area contributed by atoms with Crippen LogP contribution < -0.4 is 5.32 Å². The molecule has 3 rings (SSSR count). The summed E-state index contributed by atoms with van der Waals surface area (Å²) in [4.78, 5) is 25.5. The van der Waals surface area contributed by atoms with E-state index in [1.54, 1.807) is 0 Å². The fraction of sp³-hybridized carbons (Fsp3) is 0.667. The predicted molar refractivity (Wildman–Crippen MR) is 113 cm³/mol. The number of ether oxygens (including phenoxy) is 2. The van der Waals surface area contributed by atoms with Gasteiger partial charge in [0.15, 0.2) is 0 Å². The Morgan fingerprint density at radius 1 is 1.10 bits per heavy atom. The third kappa shape index (κ3) is 5.12. The molecule has 0 aromatic rings. The molecule has 1 N–H and O–H groups in total. The molecule has 2 saturated carbocycles. The first kappa shape index (κ1) is 21.7. The highest BCUT2D eigenvalue weighted by Gasteiger charge is 2.38. The number of carbonyl (C=O) groups excluding carboxylic acids is 2. The van der Waals surface area contributed by atoms with Crippen LogP contribution in [0.4, 0.5) is 0 Å².